The van der Waals surface area contributed by atoms with Crippen LogP contribution in [0.25, 0.3) is 0 Å². The smallest absolute Gasteiger partial charge is 0.264 e. The second-order valence-electron chi connectivity index (χ2n) is 14.5. The number of anilines is 3. The number of hydrogen-bond donors (Lipinski definition) is 3. The number of nitrogens with zero attached hydrogens (tertiary/aromatic N) is 4. The number of ether oxygens (including phenoxy) is 1. The summed E-state index contributed by atoms with van der Waals surface area (Å²) in [5.74, 6) is -1.36. The van der Waals surface area contributed by atoms with Gasteiger partial charge in [0.05, 0.1) is 24.0 Å². The molecule has 3 amide bonds. The van der Waals surface area contributed by atoms with Crippen LogP contribution in [0.2, 0.25) is 18.6 Å². The van der Waals surface area contributed by atoms with Gasteiger partial charge in [-0.1, -0.05) is 60.7 Å². The summed E-state index contributed by atoms with van der Waals surface area (Å²) in [7, 11) is -3.44. The van der Waals surface area contributed by atoms with Gasteiger partial charge < -0.3 is 29.5 Å². The van der Waals surface area contributed by atoms with Crippen LogP contribution in [0.1, 0.15) is 50.9 Å². The van der Waals surface area contributed by atoms with Crippen LogP contribution in [0.4, 0.5) is 21.2 Å². The quantitative estimate of drug-likeness (QED) is 0.0951. The number of aryl methyl sites for hydroxylation is 1. The SMILES string of the molecule is C[C@H]1[C@H]([Si](C)(C)F)[C@@H](CCn2cc(CCO)nn2)O[C@]12C(=O)N(Cc1ccc(NC(=O)c3ccccc3)cc1)c1ccc(NC(=O)c3ccccc3)cc12. The number of hydrogen-bond acceptors (Lipinski definition) is 7. The highest BCUT2D eigenvalue weighted by Gasteiger charge is 2.66. The molecule has 0 saturated carbocycles. The number of amides is 3. The summed E-state index contributed by atoms with van der Waals surface area (Å²) in [4.78, 5) is 42.6. The maximum atomic E-state index is 16.5. The number of rotatable bonds is 12. The molecule has 2 aliphatic heterocycles. The van der Waals surface area contributed by atoms with Crippen molar-refractivity contribution in [3.8, 4) is 0 Å². The number of nitrogens with one attached hydrogen (secondary N) is 2. The third-order valence-corrected chi connectivity index (χ3v) is 12.9. The lowest BCUT2D eigenvalue weighted by Crippen LogP contribution is -2.45. The maximum absolute atomic E-state index is 16.5. The van der Waals surface area contributed by atoms with Crippen LogP contribution in [0.5, 0.6) is 0 Å². The summed E-state index contributed by atoms with van der Waals surface area (Å²) < 4.78 is 25.1. The average molecular weight is 747 g/mol. The predicted octanol–water partition coefficient (Wildman–Crippen LogP) is 6.73. The normalized spacial score (nSPS) is 20.6. The molecule has 4 aromatic carbocycles. The van der Waals surface area contributed by atoms with Gasteiger partial charge in [0.25, 0.3) is 17.7 Å². The molecule has 3 heterocycles. The zero-order valence-electron chi connectivity index (χ0n) is 30.4. The molecule has 54 heavy (non-hydrogen) atoms. The molecule has 4 atom stereocenters. The molecule has 3 N–H and O–H groups in total. The second kappa shape index (κ2) is 15.1. The van der Waals surface area contributed by atoms with Crippen LogP contribution < -0.4 is 15.5 Å². The van der Waals surface area contributed by atoms with Gasteiger partial charge in [-0.25, -0.2) is 0 Å². The predicted molar refractivity (Wildman–Crippen MR) is 206 cm³/mol. The van der Waals surface area contributed by atoms with Crippen molar-refractivity contribution in [2.45, 2.75) is 63.2 Å². The van der Waals surface area contributed by atoms with Crippen LogP contribution in [-0.4, -0.2) is 58.9 Å². The van der Waals surface area contributed by atoms with Gasteiger partial charge in [-0.15, -0.1) is 5.10 Å². The highest BCUT2D eigenvalue weighted by atomic mass is 28.4. The van der Waals surface area contributed by atoms with Crippen molar-refractivity contribution in [1.29, 1.82) is 0 Å². The first-order chi connectivity index (χ1) is 26.0. The third kappa shape index (κ3) is 7.22. The molecule has 0 aliphatic carbocycles. The van der Waals surface area contributed by atoms with Gasteiger partial charge in [0.1, 0.15) is 0 Å². The topological polar surface area (TPSA) is 139 Å². The fourth-order valence-corrected chi connectivity index (χ4v) is 10.5. The van der Waals surface area contributed by atoms with Crippen molar-refractivity contribution in [3.05, 3.63) is 137 Å². The summed E-state index contributed by atoms with van der Waals surface area (Å²) in [6.45, 7) is 5.76. The van der Waals surface area contributed by atoms with E-state index in [0.29, 0.717) is 58.8 Å². The molecule has 1 aromatic heterocycles. The summed E-state index contributed by atoms with van der Waals surface area (Å²) in [5, 5.41) is 23.5. The molecule has 0 radical (unpaired) electrons. The third-order valence-electron chi connectivity index (χ3n) is 10.4. The first-order valence-corrected chi connectivity index (χ1v) is 21.1. The van der Waals surface area contributed by atoms with Crippen LogP contribution in [0.15, 0.2) is 109 Å². The van der Waals surface area contributed by atoms with Gasteiger partial charge in [0, 0.05) is 65.3 Å². The molecular weight excluding hydrogens is 704 g/mol. The Labute approximate surface area is 314 Å². The first-order valence-electron chi connectivity index (χ1n) is 18.1. The van der Waals surface area contributed by atoms with Crippen molar-refractivity contribution in [2.75, 3.05) is 22.1 Å². The molecule has 1 spiro atoms. The van der Waals surface area contributed by atoms with E-state index in [9.17, 15) is 19.5 Å². The highest BCUT2D eigenvalue weighted by Crippen LogP contribution is 2.60. The fraction of sp³-hybridized carbons (Fsp3) is 0.293. The van der Waals surface area contributed by atoms with E-state index in [-0.39, 0.29) is 30.9 Å². The van der Waals surface area contributed by atoms with Crippen LogP contribution in [0, 0.1) is 5.92 Å². The molecule has 0 bridgehead atoms. The average Bonchev–Trinajstić information content (AvgIpc) is 3.81. The Morgan fingerprint density at radius 1 is 0.907 bits per heavy atom. The summed E-state index contributed by atoms with van der Waals surface area (Å²) in [6.07, 6.45) is 1.92. The number of carbonyl (C=O) groups excluding carboxylic acids is 3. The van der Waals surface area contributed by atoms with E-state index in [1.807, 2.05) is 37.3 Å². The van der Waals surface area contributed by atoms with Crippen molar-refractivity contribution in [3.63, 3.8) is 0 Å². The minimum atomic E-state index is -3.44. The van der Waals surface area contributed by atoms with Gasteiger partial charge in [-0.2, -0.15) is 0 Å². The molecule has 5 aromatic rings. The largest absolute Gasteiger partial charge is 0.396 e. The highest BCUT2D eigenvalue weighted by molar-refractivity contribution is 6.72. The van der Waals surface area contributed by atoms with Crippen molar-refractivity contribution in [1.82, 2.24) is 15.0 Å². The Kier molecular flexibility index (Phi) is 10.3. The van der Waals surface area contributed by atoms with Crippen LogP contribution in [-0.2, 0) is 34.6 Å². The maximum Gasteiger partial charge on any atom is 0.264 e. The van der Waals surface area contributed by atoms with E-state index >= 15 is 4.11 Å². The van der Waals surface area contributed by atoms with E-state index in [1.165, 1.54) is 0 Å². The number of carbonyl (C=O) groups is 3. The van der Waals surface area contributed by atoms with E-state index < -0.39 is 31.6 Å². The molecule has 1 saturated heterocycles. The van der Waals surface area contributed by atoms with Crippen molar-refractivity contribution in [2.24, 2.45) is 5.92 Å². The van der Waals surface area contributed by atoms with Gasteiger partial charge in [0.2, 0.25) is 8.41 Å². The van der Waals surface area contributed by atoms with E-state index in [2.05, 4.69) is 20.9 Å². The zero-order chi connectivity index (χ0) is 38.0. The Balaban J connectivity index is 1.21. The Hall–Kier alpha value is -5.50. The Morgan fingerprint density at radius 3 is 2.13 bits per heavy atom. The summed E-state index contributed by atoms with van der Waals surface area (Å²) in [5.41, 5.74) is 2.74. The molecule has 2 aliphatic rings. The molecule has 278 valence electrons. The number of fused-ring (bicyclic) bond motifs is 2. The minimum absolute atomic E-state index is 0.0467. The molecule has 13 heteroatoms. The van der Waals surface area contributed by atoms with E-state index in [0.717, 1.165) is 5.56 Å². The van der Waals surface area contributed by atoms with Crippen molar-refractivity contribution < 1.29 is 28.3 Å². The fourth-order valence-electron chi connectivity index (χ4n) is 7.95. The van der Waals surface area contributed by atoms with Gasteiger partial charge in [-0.05, 0) is 79.7 Å². The standard InChI is InChI=1S/C41H43FN6O5Si/c1-27-37(54(2,3)42)36(20-22-47-26-33(21-23-49)45-46-47)53-41(27)34-24-32(44-39(51)30-12-8-5-9-13-30)18-19-35(34)48(40(41)52)25-28-14-16-31(17-15-28)43-38(50)29-10-6-4-7-11-29/h4-19,24,26-27,36-37,49H,20-23,25H2,1-3H3,(H,43,50)(H,44,51)/t27-,36+,37-,41+/m0/s1. The van der Waals surface area contributed by atoms with Gasteiger partial charge in [-0.3, -0.25) is 19.1 Å². The number of aliphatic hydroxyl groups excluding tert-OH is 1. The van der Waals surface area contributed by atoms with Crippen LogP contribution in [0.3, 0.4) is 0 Å². The molecule has 1 fully saturated rings. The minimum Gasteiger partial charge on any atom is -0.396 e. The lowest BCUT2D eigenvalue weighted by molar-refractivity contribution is -0.146. The number of benzene rings is 4. The number of aliphatic hydroxyl groups is 1. The van der Waals surface area contributed by atoms with E-state index in [1.54, 1.807) is 102 Å². The monoisotopic (exact) mass is 746 g/mol. The van der Waals surface area contributed by atoms with Crippen molar-refractivity contribution >= 4 is 43.2 Å². The Morgan fingerprint density at radius 2 is 1.52 bits per heavy atom. The molecular formula is C41H43FN6O5Si. The second-order valence-corrected chi connectivity index (χ2v) is 18.3. The van der Waals surface area contributed by atoms with Gasteiger partial charge in [0.15, 0.2) is 5.60 Å². The van der Waals surface area contributed by atoms with Gasteiger partial charge >= 0.3 is 0 Å². The lowest BCUT2D eigenvalue weighted by atomic mass is 9.82. The molecule has 0 unspecified atom stereocenters. The first kappa shape index (κ1) is 36.8. The molecule has 7 rings (SSSR count). The van der Waals surface area contributed by atoms with Crippen LogP contribution >= 0.6 is 0 Å². The summed E-state index contributed by atoms with van der Waals surface area (Å²) >= 11 is 0. The summed E-state index contributed by atoms with van der Waals surface area (Å²) in [6, 6.07) is 30.5. The lowest BCUT2D eigenvalue weighted by Gasteiger charge is -2.31. The zero-order valence-corrected chi connectivity index (χ0v) is 31.4. The number of aromatic nitrogens is 3. The Bertz CT molecular complexity index is 2140. The molecule has 11 nitrogen and oxygen atoms in total. The number of halogens is 1. The van der Waals surface area contributed by atoms with E-state index in [4.69, 9.17) is 4.74 Å².